The third-order valence-corrected chi connectivity index (χ3v) is 3.18. The monoisotopic (exact) mass is 213 g/mol. The lowest BCUT2D eigenvalue weighted by Gasteiger charge is -2.23. The molecule has 0 aromatic heterocycles. The van der Waals surface area contributed by atoms with E-state index in [0.717, 1.165) is 38.8 Å². The highest BCUT2D eigenvalue weighted by Gasteiger charge is 2.31. The van der Waals surface area contributed by atoms with E-state index >= 15 is 0 Å². The van der Waals surface area contributed by atoms with Crippen molar-refractivity contribution in [1.29, 1.82) is 0 Å². The van der Waals surface area contributed by atoms with E-state index in [1.807, 2.05) is 19.0 Å². The van der Waals surface area contributed by atoms with Gasteiger partial charge in [0.15, 0.2) is 0 Å². The number of hydrogen-bond acceptors (Lipinski definition) is 3. The molecule has 1 aliphatic carbocycles. The van der Waals surface area contributed by atoms with Crippen molar-refractivity contribution in [2.75, 3.05) is 27.2 Å². The van der Waals surface area contributed by atoms with Gasteiger partial charge in [0, 0.05) is 19.6 Å². The minimum Gasteiger partial charge on any atom is -0.345 e. The fourth-order valence-electron chi connectivity index (χ4n) is 2.18. The molecule has 0 aromatic carbocycles. The first-order chi connectivity index (χ1) is 7.16. The molecule has 0 spiro atoms. The topological polar surface area (TPSA) is 58.4 Å². The lowest BCUT2D eigenvalue weighted by Crippen LogP contribution is -2.40. The van der Waals surface area contributed by atoms with Gasteiger partial charge in [-0.05, 0) is 32.9 Å². The van der Waals surface area contributed by atoms with Crippen LogP contribution in [0.25, 0.3) is 0 Å². The number of nitrogens with zero attached hydrogens (tertiary/aromatic N) is 1. The van der Waals surface area contributed by atoms with Crippen molar-refractivity contribution in [1.82, 2.24) is 10.2 Å². The predicted octanol–water partition coefficient (Wildman–Crippen LogP) is 0.182. The van der Waals surface area contributed by atoms with Crippen molar-refractivity contribution >= 4 is 5.91 Å². The molecule has 1 amide bonds. The van der Waals surface area contributed by atoms with Crippen LogP contribution in [0.4, 0.5) is 0 Å². The van der Waals surface area contributed by atoms with Crippen molar-refractivity contribution in [2.45, 2.75) is 31.7 Å². The van der Waals surface area contributed by atoms with E-state index in [9.17, 15) is 4.79 Å². The van der Waals surface area contributed by atoms with Crippen molar-refractivity contribution < 1.29 is 4.79 Å². The summed E-state index contributed by atoms with van der Waals surface area (Å²) in [4.78, 5) is 13.8. The Bertz CT molecular complexity index is 208. The number of hydrogen-bond donors (Lipinski definition) is 2. The standard InChI is InChI=1S/C11H23N3O/c1-13-7-4-8-14(2)11(15)9-5-3-6-10(9)12/h9-10,13H,3-8,12H2,1-2H3. The molecule has 0 bridgehead atoms. The van der Waals surface area contributed by atoms with E-state index < -0.39 is 0 Å². The highest BCUT2D eigenvalue weighted by atomic mass is 16.2. The predicted molar refractivity (Wildman–Crippen MR) is 61.5 cm³/mol. The zero-order valence-electron chi connectivity index (χ0n) is 9.83. The van der Waals surface area contributed by atoms with Crippen LogP contribution in [-0.4, -0.2) is 44.0 Å². The van der Waals surface area contributed by atoms with Crippen molar-refractivity contribution in [3.8, 4) is 0 Å². The van der Waals surface area contributed by atoms with E-state index in [1.165, 1.54) is 0 Å². The van der Waals surface area contributed by atoms with Gasteiger partial charge in [-0.2, -0.15) is 0 Å². The molecule has 4 nitrogen and oxygen atoms in total. The van der Waals surface area contributed by atoms with Gasteiger partial charge in [0.1, 0.15) is 0 Å². The van der Waals surface area contributed by atoms with E-state index in [0.29, 0.717) is 0 Å². The van der Waals surface area contributed by atoms with E-state index in [2.05, 4.69) is 5.32 Å². The summed E-state index contributed by atoms with van der Waals surface area (Å²) < 4.78 is 0. The van der Waals surface area contributed by atoms with Gasteiger partial charge in [-0.3, -0.25) is 4.79 Å². The molecule has 0 aliphatic heterocycles. The van der Waals surface area contributed by atoms with Gasteiger partial charge in [-0.25, -0.2) is 0 Å². The van der Waals surface area contributed by atoms with Crippen LogP contribution in [0.3, 0.4) is 0 Å². The summed E-state index contributed by atoms with van der Waals surface area (Å²) in [6.07, 6.45) is 4.07. The second-order valence-corrected chi connectivity index (χ2v) is 4.42. The van der Waals surface area contributed by atoms with Crippen LogP contribution in [-0.2, 0) is 4.79 Å². The summed E-state index contributed by atoms with van der Waals surface area (Å²) in [5.74, 6) is 0.306. The van der Waals surface area contributed by atoms with Crippen LogP contribution >= 0.6 is 0 Å². The molecule has 1 fully saturated rings. The zero-order valence-corrected chi connectivity index (χ0v) is 9.83. The second-order valence-electron chi connectivity index (χ2n) is 4.42. The highest BCUT2D eigenvalue weighted by molar-refractivity contribution is 5.79. The van der Waals surface area contributed by atoms with Crippen LogP contribution < -0.4 is 11.1 Å². The van der Waals surface area contributed by atoms with Crippen LogP contribution in [0.2, 0.25) is 0 Å². The van der Waals surface area contributed by atoms with Gasteiger partial charge in [-0.15, -0.1) is 0 Å². The molecule has 0 radical (unpaired) electrons. The molecule has 0 saturated heterocycles. The number of nitrogens with two attached hydrogens (primary N) is 1. The van der Waals surface area contributed by atoms with Crippen LogP contribution in [0.1, 0.15) is 25.7 Å². The zero-order chi connectivity index (χ0) is 11.3. The summed E-state index contributed by atoms with van der Waals surface area (Å²) in [7, 11) is 3.80. The summed E-state index contributed by atoms with van der Waals surface area (Å²) in [5, 5.41) is 3.08. The maximum Gasteiger partial charge on any atom is 0.226 e. The molecule has 1 aliphatic rings. The lowest BCUT2D eigenvalue weighted by molar-refractivity contribution is -0.134. The fraction of sp³-hybridized carbons (Fsp3) is 0.909. The highest BCUT2D eigenvalue weighted by Crippen LogP contribution is 2.25. The Hall–Kier alpha value is -0.610. The number of carbonyl (C=O) groups is 1. The normalized spacial score (nSPS) is 25.5. The molecule has 1 saturated carbocycles. The summed E-state index contributed by atoms with van der Waals surface area (Å²) in [6.45, 7) is 1.78. The molecule has 15 heavy (non-hydrogen) atoms. The molecule has 3 N–H and O–H groups in total. The first-order valence-corrected chi connectivity index (χ1v) is 5.82. The van der Waals surface area contributed by atoms with Gasteiger partial charge >= 0.3 is 0 Å². The largest absolute Gasteiger partial charge is 0.345 e. The van der Waals surface area contributed by atoms with Gasteiger partial charge < -0.3 is 16.0 Å². The minimum atomic E-state index is 0.0737. The fourth-order valence-corrected chi connectivity index (χ4v) is 2.18. The summed E-state index contributed by atoms with van der Waals surface area (Å²) >= 11 is 0. The average molecular weight is 213 g/mol. The number of amides is 1. The van der Waals surface area contributed by atoms with Crippen LogP contribution in [0.15, 0.2) is 0 Å². The van der Waals surface area contributed by atoms with Gasteiger partial charge in [0.25, 0.3) is 0 Å². The first kappa shape index (κ1) is 12.5. The molecular formula is C11H23N3O. The Balaban J connectivity index is 2.31. The SMILES string of the molecule is CNCCCN(C)C(=O)C1CCCC1N. The van der Waals surface area contributed by atoms with E-state index in [1.54, 1.807) is 0 Å². The molecule has 0 aromatic rings. The number of carbonyl (C=O) groups excluding carboxylic acids is 1. The first-order valence-electron chi connectivity index (χ1n) is 5.82. The molecule has 2 atom stereocenters. The minimum absolute atomic E-state index is 0.0737. The van der Waals surface area contributed by atoms with Crippen LogP contribution in [0, 0.1) is 5.92 Å². The molecule has 0 heterocycles. The molecular weight excluding hydrogens is 190 g/mol. The van der Waals surface area contributed by atoms with Gasteiger partial charge in [0.05, 0.1) is 5.92 Å². The maximum atomic E-state index is 12.0. The van der Waals surface area contributed by atoms with Gasteiger partial charge in [0.2, 0.25) is 5.91 Å². The Kier molecular flexibility index (Phi) is 5.05. The number of rotatable bonds is 5. The quantitative estimate of drug-likeness (QED) is 0.641. The Morgan fingerprint density at radius 1 is 1.53 bits per heavy atom. The second kappa shape index (κ2) is 6.08. The maximum absolute atomic E-state index is 12.0. The summed E-state index contributed by atoms with van der Waals surface area (Å²) in [6, 6.07) is 0.0873. The number of nitrogens with one attached hydrogen (secondary N) is 1. The third-order valence-electron chi connectivity index (χ3n) is 3.18. The average Bonchev–Trinajstić information content (AvgIpc) is 2.63. The third kappa shape index (κ3) is 3.47. The smallest absolute Gasteiger partial charge is 0.226 e. The van der Waals surface area contributed by atoms with Crippen LogP contribution in [0.5, 0.6) is 0 Å². The van der Waals surface area contributed by atoms with Crippen molar-refractivity contribution in [3.63, 3.8) is 0 Å². The lowest BCUT2D eigenvalue weighted by atomic mass is 10.0. The van der Waals surface area contributed by atoms with Gasteiger partial charge in [-0.1, -0.05) is 6.42 Å². The Labute approximate surface area is 92.2 Å². The molecule has 1 rings (SSSR count). The summed E-state index contributed by atoms with van der Waals surface area (Å²) in [5.41, 5.74) is 5.91. The van der Waals surface area contributed by atoms with E-state index in [-0.39, 0.29) is 17.9 Å². The van der Waals surface area contributed by atoms with Crippen molar-refractivity contribution in [2.24, 2.45) is 11.7 Å². The Morgan fingerprint density at radius 3 is 2.80 bits per heavy atom. The Morgan fingerprint density at radius 2 is 2.27 bits per heavy atom. The molecule has 4 heteroatoms. The van der Waals surface area contributed by atoms with Crippen molar-refractivity contribution in [3.05, 3.63) is 0 Å². The van der Waals surface area contributed by atoms with E-state index in [4.69, 9.17) is 5.73 Å². The molecule has 2 unspecified atom stereocenters. The molecule has 88 valence electrons.